The Hall–Kier alpha value is -2.61. The number of hydrogen-bond acceptors (Lipinski definition) is 4. The summed E-state index contributed by atoms with van der Waals surface area (Å²) in [6, 6.07) is 6.23. The number of benzene rings is 1. The monoisotopic (exact) mass is 380 g/mol. The Morgan fingerprint density at radius 1 is 1.19 bits per heavy atom. The van der Waals surface area contributed by atoms with E-state index in [1.807, 2.05) is 0 Å². The van der Waals surface area contributed by atoms with E-state index in [2.05, 4.69) is 10.00 Å². The molecule has 0 bridgehead atoms. The minimum Gasteiger partial charge on any atom is -0.476 e. The molecule has 2 heterocycles. The van der Waals surface area contributed by atoms with Gasteiger partial charge in [-0.2, -0.15) is 5.10 Å². The molecule has 0 unspecified atom stereocenters. The van der Waals surface area contributed by atoms with Crippen LogP contribution in [0, 0.1) is 12.7 Å². The van der Waals surface area contributed by atoms with Gasteiger partial charge in [-0.05, 0) is 31.2 Å². The number of aryl methyl sites for hydroxylation is 1. The van der Waals surface area contributed by atoms with Crippen molar-refractivity contribution in [1.29, 1.82) is 0 Å². The van der Waals surface area contributed by atoms with Crippen LogP contribution >= 0.6 is 11.6 Å². The largest absolute Gasteiger partial charge is 0.476 e. The van der Waals surface area contributed by atoms with Gasteiger partial charge in [-0.15, -0.1) is 0 Å². The number of carbonyl (C=O) groups excluding carboxylic acids is 1. The van der Waals surface area contributed by atoms with Crippen molar-refractivity contribution in [3.8, 4) is 0 Å². The van der Waals surface area contributed by atoms with Crippen molar-refractivity contribution in [1.82, 2.24) is 14.7 Å². The van der Waals surface area contributed by atoms with Gasteiger partial charge >= 0.3 is 5.97 Å². The van der Waals surface area contributed by atoms with Crippen LogP contribution in [0.2, 0.25) is 5.02 Å². The van der Waals surface area contributed by atoms with Crippen LogP contribution in [0.4, 0.5) is 10.1 Å². The van der Waals surface area contributed by atoms with Crippen LogP contribution in [-0.4, -0.2) is 57.8 Å². The zero-order chi connectivity index (χ0) is 18.8. The Labute approximate surface area is 154 Å². The molecule has 0 spiro atoms. The van der Waals surface area contributed by atoms with Gasteiger partial charge in [-0.3, -0.25) is 4.79 Å². The second-order valence-electron chi connectivity index (χ2n) is 6.06. The van der Waals surface area contributed by atoms with E-state index in [9.17, 15) is 19.1 Å². The van der Waals surface area contributed by atoms with E-state index < -0.39 is 5.97 Å². The van der Waals surface area contributed by atoms with Crippen LogP contribution in [0.25, 0.3) is 0 Å². The van der Waals surface area contributed by atoms with Crippen LogP contribution < -0.4 is 4.90 Å². The van der Waals surface area contributed by atoms with E-state index in [0.29, 0.717) is 31.9 Å². The van der Waals surface area contributed by atoms with E-state index in [0.717, 1.165) is 10.4 Å². The van der Waals surface area contributed by atoms with E-state index >= 15 is 0 Å². The summed E-state index contributed by atoms with van der Waals surface area (Å²) in [6.45, 7) is 3.63. The molecule has 1 aliphatic heterocycles. The molecule has 1 aliphatic rings. The number of carboxylic acids is 1. The average molecular weight is 381 g/mol. The lowest BCUT2D eigenvalue weighted by molar-refractivity contribution is -0.132. The Kier molecular flexibility index (Phi) is 5.13. The van der Waals surface area contributed by atoms with E-state index in [4.69, 9.17) is 11.6 Å². The van der Waals surface area contributed by atoms with Crippen molar-refractivity contribution >= 4 is 29.2 Å². The average Bonchev–Trinajstić information content (AvgIpc) is 2.89. The number of aromatic carboxylic acids is 1. The highest BCUT2D eigenvalue weighted by atomic mass is 35.5. The second-order valence-corrected chi connectivity index (χ2v) is 6.43. The van der Waals surface area contributed by atoms with E-state index in [-0.39, 0.29) is 29.0 Å². The van der Waals surface area contributed by atoms with Gasteiger partial charge in [0.05, 0.1) is 10.7 Å². The number of nitrogens with zero attached hydrogens (tertiary/aromatic N) is 4. The molecule has 0 saturated carbocycles. The second kappa shape index (κ2) is 7.33. The lowest BCUT2D eigenvalue weighted by Gasteiger charge is -2.36. The van der Waals surface area contributed by atoms with Crippen molar-refractivity contribution in [2.45, 2.75) is 13.5 Å². The maximum Gasteiger partial charge on any atom is 0.355 e. The molecule has 1 amide bonds. The highest BCUT2D eigenvalue weighted by Crippen LogP contribution is 2.21. The molecule has 1 aromatic carbocycles. The van der Waals surface area contributed by atoms with Crippen molar-refractivity contribution in [2.24, 2.45) is 0 Å². The summed E-state index contributed by atoms with van der Waals surface area (Å²) in [4.78, 5) is 27.6. The molecule has 7 nitrogen and oxygen atoms in total. The highest BCUT2D eigenvalue weighted by molar-refractivity contribution is 6.33. The lowest BCUT2D eigenvalue weighted by atomic mass is 10.2. The molecule has 26 heavy (non-hydrogen) atoms. The summed E-state index contributed by atoms with van der Waals surface area (Å²) in [6.07, 6.45) is 0. The zero-order valence-corrected chi connectivity index (χ0v) is 14.9. The van der Waals surface area contributed by atoms with Gasteiger partial charge in [0.25, 0.3) is 0 Å². The van der Waals surface area contributed by atoms with Gasteiger partial charge in [0.1, 0.15) is 12.4 Å². The fourth-order valence-electron chi connectivity index (χ4n) is 2.97. The van der Waals surface area contributed by atoms with Gasteiger partial charge in [-0.25, -0.2) is 13.9 Å². The summed E-state index contributed by atoms with van der Waals surface area (Å²) < 4.78 is 14.2. The lowest BCUT2D eigenvalue weighted by Crippen LogP contribution is -2.49. The Balaban J connectivity index is 1.63. The van der Waals surface area contributed by atoms with Crippen molar-refractivity contribution in [2.75, 3.05) is 31.1 Å². The summed E-state index contributed by atoms with van der Waals surface area (Å²) >= 11 is 5.95. The third-order valence-corrected chi connectivity index (χ3v) is 4.82. The van der Waals surface area contributed by atoms with Gasteiger partial charge in [0.2, 0.25) is 5.91 Å². The Morgan fingerprint density at radius 2 is 1.81 bits per heavy atom. The molecule has 0 atom stereocenters. The summed E-state index contributed by atoms with van der Waals surface area (Å²) in [5, 5.41) is 13.4. The molecule has 0 aliphatic carbocycles. The van der Waals surface area contributed by atoms with Crippen LogP contribution in [-0.2, 0) is 11.3 Å². The molecule has 1 aromatic heterocycles. The molecule has 138 valence electrons. The van der Waals surface area contributed by atoms with Gasteiger partial charge < -0.3 is 14.9 Å². The first-order valence-corrected chi connectivity index (χ1v) is 8.49. The quantitative estimate of drug-likeness (QED) is 0.878. The van der Waals surface area contributed by atoms with E-state index in [1.54, 1.807) is 24.0 Å². The van der Waals surface area contributed by atoms with Crippen molar-refractivity contribution in [3.63, 3.8) is 0 Å². The number of piperazine rings is 1. The molecule has 2 aromatic rings. The normalized spacial score (nSPS) is 14.6. The third kappa shape index (κ3) is 3.65. The van der Waals surface area contributed by atoms with E-state index in [1.165, 1.54) is 12.1 Å². The highest BCUT2D eigenvalue weighted by Gasteiger charge is 2.25. The van der Waals surface area contributed by atoms with Crippen molar-refractivity contribution < 1.29 is 19.1 Å². The Morgan fingerprint density at radius 3 is 2.38 bits per heavy atom. The molecule has 1 N–H and O–H groups in total. The van der Waals surface area contributed by atoms with Crippen LogP contribution in [0.1, 0.15) is 16.2 Å². The topological polar surface area (TPSA) is 78.7 Å². The number of anilines is 1. The predicted octanol–water partition coefficient (Wildman–Crippen LogP) is 2.03. The van der Waals surface area contributed by atoms with Gasteiger partial charge in [0, 0.05) is 31.9 Å². The SMILES string of the molecule is Cc1nn(CC(=O)N2CCN(c3ccc(F)cc3)CC2)c(C(=O)O)c1Cl. The Bertz CT molecular complexity index is 829. The van der Waals surface area contributed by atoms with Crippen LogP contribution in [0.3, 0.4) is 0 Å². The number of aromatic nitrogens is 2. The number of amides is 1. The van der Waals surface area contributed by atoms with Gasteiger partial charge in [0.15, 0.2) is 5.69 Å². The number of carbonyl (C=O) groups is 2. The molecule has 0 radical (unpaired) electrons. The predicted molar refractivity (Wildman–Crippen MR) is 94.1 cm³/mol. The molecule has 9 heteroatoms. The molecular weight excluding hydrogens is 363 g/mol. The summed E-state index contributed by atoms with van der Waals surface area (Å²) in [5.41, 5.74) is 1.10. The molecule has 1 saturated heterocycles. The third-order valence-electron chi connectivity index (χ3n) is 4.37. The zero-order valence-electron chi connectivity index (χ0n) is 14.2. The summed E-state index contributed by atoms with van der Waals surface area (Å²) in [5.74, 6) is -1.72. The number of rotatable bonds is 4. The molecular formula is C17H18ClFN4O3. The maximum atomic E-state index is 13.0. The standard InChI is InChI=1S/C17H18ClFN4O3/c1-11-15(18)16(17(25)26)23(20-11)10-14(24)22-8-6-21(7-9-22)13-4-2-12(19)3-5-13/h2-5H,6-10H2,1H3,(H,25,26). The van der Waals surface area contributed by atoms with Crippen LogP contribution in [0.15, 0.2) is 24.3 Å². The minimum absolute atomic E-state index is 0.0476. The first-order valence-electron chi connectivity index (χ1n) is 8.11. The fourth-order valence-corrected chi connectivity index (χ4v) is 3.19. The fraction of sp³-hybridized carbons (Fsp3) is 0.353. The van der Waals surface area contributed by atoms with Gasteiger partial charge in [-0.1, -0.05) is 11.6 Å². The smallest absolute Gasteiger partial charge is 0.355 e. The maximum absolute atomic E-state index is 13.0. The molecule has 3 rings (SSSR count). The number of carboxylic acid groups (broad SMARTS) is 1. The number of hydrogen-bond donors (Lipinski definition) is 1. The minimum atomic E-state index is -1.22. The molecule has 1 fully saturated rings. The first kappa shape index (κ1) is 18.2. The first-order chi connectivity index (χ1) is 12.4. The van der Waals surface area contributed by atoms with Crippen molar-refractivity contribution in [3.05, 3.63) is 46.5 Å². The van der Waals surface area contributed by atoms with Crippen LogP contribution in [0.5, 0.6) is 0 Å². The number of halogens is 2. The summed E-state index contributed by atoms with van der Waals surface area (Å²) in [7, 11) is 0.